The van der Waals surface area contributed by atoms with Crippen LogP contribution < -0.4 is 20.1 Å². The molecule has 8 nitrogen and oxygen atoms in total. The van der Waals surface area contributed by atoms with Crippen molar-refractivity contribution in [3.05, 3.63) is 91.9 Å². The van der Waals surface area contributed by atoms with E-state index in [9.17, 15) is 19.2 Å². The maximum absolute atomic E-state index is 14.6. The molecule has 0 spiro atoms. The number of hydrogen-bond donors (Lipinski definition) is 0. The first-order valence-electron chi connectivity index (χ1n) is 15.1. The number of anilines is 2. The number of nitrogens with zero attached hydrogens (tertiary/aromatic N) is 5. The van der Waals surface area contributed by atoms with Crippen molar-refractivity contribution < 1.29 is 13.9 Å². The van der Waals surface area contributed by atoms with Crippen molar-refractivity contribution in [2.75, 3.05) is 49.6 Å². The lowest BCUT2D eigenvalue weighted by Crippen LogP contribution is -2.49. The Kier molecular flexibility index (Phi) is 10.3. The fourth-order valence-corrected chi connectivity index (χ4v) is 7.02. The van der Waals surface area contributed by atoms with E-state index < -0.39 is 0 Å². The number of aromatic nitrogens is 1. The smallest absolute Gasteiger partial charge is 0.270 e. The molecule has 2 saturated heterocycles. The van der Waals surface area contributed by atoms with Gasteiger partial charge in [0.1, 0.15) is 33.3 Å². The fraction of sp³-hybridized carbons (Fsp3) is 0.353. The summed E-state index contributed by atoms with van der Waals surface area (Å²) >= 11 is 6.86. The number of carbonyl (C=O) groups is 1. The molecule has 0 radical (unpaired) electrons. The van der Waals surface area contributed by atoms with Crippen molar-refractivity contribution in [1.82, 2.24) is 9.47 Å². The largest absolute Gasteiger partial charge is 0.497 e. The van der Waals surface area contributed by atoms with Crippen molar-refractivity contribution >= 4 is 51.8 Å². The van der Waals surface area contributed by atoms with Gasteiger partial charge in [-0.1, -0.05) is 61.6 Å². The number of thioether (sulfide) groups is 1. The number of piperazine rings is 1. The van der Waals surface area contributed by atoms with Crippen LogP contribution in [0.3, 0.4) is 0 Å². The topological polar surface area (TPSA) is 81.8 Å². The average molecular weight is 646 g/mol. The van der Waals surface area contributed by atoms with Crippen molar-refractivity contribution in [2.45, 2.75) is 39.7 Å². The van der Waals surface area contributed by atoms with Crippen LogP contribution in [-0.2, 0) is 17.8 Å². The number of nitriles is 1. The number of unbranched alkanes of at least 4 members (excludes halogenated alkanes) is 1. The van der Waals surface area contributed by atoms with E-state index in [0.717, 1.165) is 24.2 Å². The maximum atomic E-state index is 14.6. The molecule has 2 aromatic carbocycles. The van der Waals surface area contributed by atoms with E-state index in [1.165, 1.54) is 17.8 Å². The summed E-state index contributed by atoms with van der Waals surface area (Å²) in [5.74, 6) is 0.985. The first kappa shape index (κ1) is 32.3. The molecule has 2 aliphatic rings. The maximum Gasteiger partial charge on any atom is 0.270 e. The summed E-state index contributed by atoms with van der Waals surface area (Å²) in [5.41, 5.74) is 2.54. The third kappa shape index (κ3) is 6.77. The first-order valence-corrected chi connectivity index (χ1v) is 16.3. The number of para-hydroxylation sites is 1. The summed E-state index contributed by atoms with van der Waals surface area (Å²) in [6.45, 7) is 6.86. The van der Waals surface area contributed by atoms with Crippen molar-refractivity contribution in [3.63, 3.8) is 0 Å². The lowest BCUT2D eigenvalue weighted by molar-refractivity contribution is -0.122. The molecule has 0 N–H and O–H groups in total. The SMILES string of the molecule is CCCCn1c(N2CCN(c3ccccc3F)CC2)c(/C=C2\SC(=S)N(CCc3ccc(OC)cc3)C2=O)c(C)c(C#N)c1=O. The zero-order chi connectivity index (χ0) is 32.1. The standard InChI is InChI=1S/C34H36FN5O3S2/c1-4-5-15-39-31(38-19-17-37(18-20-38)29-9-7-6-8-28(29)35)26(23(2)27(22-36)32(39)41)21-30-33(42)40(34(44)45-30)16-14-24-10-12-25(43-3)13-11-24/h6-13,21H,4-5,14-20H2,1-3H3/b30-21-. The van der Waals surface area contributed by atoms with E-state index >= 15 is 0 Å². The molecule has 0 atom stereocenters. The molecule has 0 unspecified atom stereocenters. The summed E-state index contributed by atoms with van der Waals surface area (Å²) in [6.07, 6.45) is 4.04. The Morgan fingerprint density at radius 2 is 1.73 bits per heavy atom. The number of benzene rings is 2. The highest BCUT2D eigenvalue weighted by molar-refractivity contribution is 8.26. The molecule has 234 valence electrons. The number of methoxy groups -OCH3 is 1. The number of hydrogen-bond acceptors (Lipinski definition) is 8. The van der Waals surface area contributed by atoms with Crippen LogP contribution in [0.2, 0.25) is 0 Å². The minimum absolute atomic E-state index is 0.0704. The number of halogens is 1. The average Bonchev–Trinajstić information content (AvgIpc) is 3.32. The zero-order valence-corrected chi connectivity index (χ0v) is 27.3. The van der Waals surface area contributed by atoms with Gasteiger partial charge in [-0.2, -0.15) is 5.26 Å². The van der Waals surface area contributed by atoms with Crippen LogP contribution in [-0.4, -0.2) is 59.5 Å². The Hall–Kier alpha value is -4.14. The van der Waals surface area contributed by atoms with Crippen molar-refractivity contribution in [1.29, 1.82) is 5.26 Å². The quantitative estimate of drug-likeness (QED) is 0.204. The Morgan fingerprint density at radius 3 is 2.38 bits per heavy atom. The highest BCUT2D eigenvalue weighted by Crippen LogP contribution is 2.36. The van der Waals surface area contributed by atoms with Gasteiger partial charge in [0, 0.05) is 44.8 Å². The van der Waals surface area contributed by atoms with Crippen LogP contribution in [0.4, 0.5) is 15.9 Å². The highest BCUT2D eigenvalue weighted by atomic mass is 32.2. The van der Waals surface area contributed by atoms with Gasteiger partial charge in [-0.25, -0.2) is 4.39 Å². The third-order valence-electron chi connectivity index (χ3n) is 8.29. The molecular formula is C34H36FN5O3S2. The van der Waals surface area contributed by atoms with Crippen LogP contribution in [0.15, 0.2) is 58.2 Å². The number of rotatable bonds is 10. The summed E-state index contributed by atoms with van der Waals surface area (Å²) in [6, 6.07) is 16.6. The second kappa shape index (κ2) is 14.3. The molecule has 0 saturated carbocycles. The summed E-state index contributed by atoms with van der Waals surface area (Å²) in [7, 11) is 1.62. The molecule has 45 heavy (non-hydrogen) atoms. The molecule has 1 amide bonds. The fourth-order valence-electron chi connectivity index (χ4n) is 5.73. The van der Waals surface area contributed by atoms with Crippen LogP contribution in [0.25, 0.3) is 6.08 Å². The molecule has 5 rings (SSSR count). The van der Waals surface area contributed by atoms with E-state index in [2.05, 4.69) is 17.9 Å². The predicted molar refractivity (Wildman–Crippen MR) is 182 cm³/mol. The van der Waals surface area contributed by atoms with Crippen LogP contribution in [0.1, 0.15) is 42.0 Å². The van der Waals surface area contributed by atoms with Gasteiger partial charge in [0.05, 0.1) is 17.7 Å². The molecule has 3 aromatic rings. The summed E-state index contributed by atoms with van der Waals surface area (Å²) in [4.78, 5) is 33.5. The van der Waals surface area contributed by atoms with Crippen LogP contribution in [0.5, 0.6) is 5.75 Å². The predicted octanol–water partition coefficient (Wildman–Crippen LogP) is 5.75. The third-order valence-corrected chi connectivity index (χ3v) is 9.66. The summed E-state index contributed by atoms with van der Waals surface area (Å²) < 4.78 is 22.0. The van der Waals surface area contributed by atoms with E-state index in [0.29, 0.717) is 77.5 Å². The number of ether oxygens (including phenoxy) is 1. The molecule has 3 heterocycles. The van der Waals surface area contributed by atoms with E-state index in [1.807, 2.05) is 35.2 Å². The van der Waals surface area contributed by atoms with Gasteiger partial charge in [-0.05, 0) is 61.2 Å². The zero-order valence-electron chi connectivity index (χ0n) is 25.7. The Morgan fingerprint density at radius 1 is 1.04 bits per heavy atom. The number of carbonyl (C=O) groups excluding carboxylic acids is 1. The van der Waals surface area contributed by atoms with Gasteiger partial charge in [-0.15, -0.1) is 0 Å². The van der Waals surface area contributed by atoms with Gasteiger partial charge < -0.3 is 14.5 Å². The van der Waals surface area contributed by atoms with Gasteiger partial charge in [-0.3, -0.25) is 19.1 Å². The molecule has 0 bridgehead atoms. The molecular weight excluding hydrogens is 610 g/mol. The van der Waals surface area contributed by atoms with E-state index in [4.69, 9.17) is 17.0 Å². The van der Waals surface area contributed by atoms with Crippen LogP contribution >= 0.6 is 24.0 Å². The molecule has 2 aliphatic heterocycles. The van der Waals surface area contributed by atoms with Crippen molar-refractivity contribution in [2.24, 2.45) is 0 Å². The molecule has 0 aliphatic carbocycles. The molecule has 2 fully saturated rings. The Labute approximate surface area is 272 Å². The van der Waals surface area contributed by atoms with E-state index in [1.54, 1.807) is 41.7 Å². The molecule has 11 heteroatoms. The monoisotopic (exact) mass is 645 g/mol. The Bertz CT molecular complexity index is 1720. The Balaban J connectivity index is 1.48. The van der Waals surface area contributed by atoms with Crippen molar-refractivity contribution in [3.8, 4) is 11.8 Å². The normalized spacial score (nSPS) is 16.1. The van der Waals surface area contributed by atoms with E-state index in [-0.39, 0.29) is 22.8 Å². The number of pyridine rings is 1. The minimum Gasteiger partial charge on any atom is -0.497 e. The van der Waals surface area contributed by atoms with Gasteiger partial charge in [0.2, 0.25) is 0 Å². The lowest BCUT2D eigenvalue weighted by atomic mass is 10.0. The minimum atomic E-state index is -0.334. The second-order valence-electron chi connectivity index (χ2n) is 11.0. The summed E-state index contributed by atoms with van der Waals surface area (Å²) in [5, 5.41) is 10.0. The molecule has 1 aromatic heterocycles. The first-order chi connectivity index (χ1) is 21.8. The second-order valence-corrected chi connectivity index (χ2v) is 12.7. The van der Waals surface area contributed by atoms with Crippen LogP contribution in [0, 0.1) is 24.1 Å². The highest BCUT2D eigenvalue weighted by Gasteiger charge is 2.33. The number of amides is 1. The van der Waals surface area contributed by atoms with Gasteiger partial charge >= 0.3 is 0 Å². The van der Waals surface area contributed by atoms with Gasteiger partial charge in [0.25, 0.3) is 11.5 Å². The lowest BCUT2D eigenvalue weighted by Gasteiger charge is -2.39. The van der Waals surface area contributed by atoms with Gasteiger partial charge in [0.15, 0.2) is 0 Å². The number of thiocarbonyl (C=S) groups is 1.